The number of nitrogens with one attached hydrogen (secondary N) is 3. The molecule has 5 heteroatoms. The molecule has 156 valence electrons. The molecule has 0 fully saturated rings. The molecule has 0 bridgehead atoms. The molecule has 2 aromatic heterocycles. The second-order valence-electron chi connectivity index (χ2n) is 7.61. The van der Waals surface area contributed by atoms with Crippen LogP contribution in [0.2, 0.25) is 0 Å². The van der Waals surface area contributed by atoms with E-state index in [1.807, 2.05) is 60.8 Å². The van der Waals surface area contributed by atoms with Crippen LogP contribution in [0.3, 0.4) is 0 Å². The van der Waals surface area contributed by atoms with Crippen LogP contribution in [0.25, 0.3) is 0 Å². The third-order valence-corrected chi connectivity index (χ3v) is 6.51. The first kappa shape index (κ1) is 20.8. The summed E-state index contributed by atoms with van der Waals surface area (Å²) in [7, 11) is 0. The van der Waals surface area contributed by atoms with Gasteiger partial charge in [0, 0.05) is 27.6 Å². The number of aryl methyl sites for hydroxylation is 2. The Bertz CT molecular complexity index is 1190. The number of anilines is 2. The van der Waals surface area contributed by atoms with E-state index in [2.05, 4.69) is 54.6 Å². The lowest BCUT2D eigenvalue weighted by atomic mass is 9.96. The van der Waals surface area contributed by atoms with Crippen molar-refractivity contribution in [2.45, 2.75) is 26.8 Å². The summed E-state index contributed by atoms with van der Waals surface area (Å²) >= 11 is 1.62. The number of benzene rings is 2. The van der Waals surface area contributed by atoms with Crippen LogP contribution in [0.5, 0.6) is 0 Å². The van der Waals surface area contributed by atoms with Gasteiger partial charge in [-0.1, -0.05) is 48.5 Å². The van der Waals surface area contributed by atoms with Gasteiger partial charge in [-0.2, -0.15) is 0 Å². The normalized spacial score (nSPS) is 11.7. The number of pyridine rings is 1. The van der Waals surface area contributed by atoms with Gasteiger partial charge in [-0.05, 0) is 50.1 Å². The Morgan fingerprint density at radius 3 is 2.29 bits per heavy atom. The van der Waals surface area contributed by atoms with Gasteiger partial charge < -0.3 is 5.32 Å². The zero-order chi connectivity index (χ0) is 21.8. The number of carbonyl (C=O) groups excluding carboxylic acids is 1. The lowest BCUT2D eigenvalue weighted by Gasteiger charge is -2.18. The van der Waals surface area contributed by atoms with E-state index in [0.717, 1.165) is 21.9 Å². The number of amides is 1. The van der Waals surface area contributed by atoms with Crippen molar-refractivity contribution in [1.29, 1.82) is 0 Å². The van der Waals surface area contributed by atoms with Crippen molar-refractivity contribution in [3.63, 3.8) is 0 Å². The molecule has 4 nitrogen and oxygen atoms in total. The number of hydrogen-bond acceptors (Lipinski definition) is 3. The molecule has 0 saturated heterocycles. The van der Waals surface area contributed by atoms with Gasteiger partial charge in [0.15, 0.2) is 0 Å². The molecular formula is C26H26N3OS+. The zero-order valence-electron chi connectivity index (χ0n) is 17.9. The Labute approximate surface area is 187 Å². The van der Waals surface area contributed by atoms with Crippen LogP contribution in [-0.2, 0) is 0 Å². The van der Waals surface area contributed by atoms with Crippen LogP contribution in [0.15, 0.2) is 79.0 Å². The Morgan fingerprint density at radius 2 is 1.61 bits per heavy atom. The van der Waals surface area contributed by atoms with Crippen molar-refractivity contribution in [1.82, 2.24) is 0 Å². The highest BCUT2D eigenvalue weighted by Gasteiger charge is 2.28. The molecule has 4 rings (SSSR count). The fraction of sp³-hybridized carbons (Fsp3) is 0.154. The first-order chi connectivity index (χ1) is 15.0. The van der Waals surface area contributed by atoms with Crippen molar-refractivity contribution in [3.8, 4) is 0 Å². The second-order valence-corrected chi connectivity index (χ2v) is 8.84. The average Bonchev–Trinajstić information content (AvgIpc) is 3.06. The molecular weight excluding hydrogens is 402 g/mol. The van der Waals surface area contributed by atoms with Gasteiger partial charge in [-0.15, -0.1) is 11.3 Å². The lowest BCUT2D eigenvalue weighted by molar-refractivity contribution is -0.361. The smallest absolute Gasteiger partial charge is 0.273 e. The molecule has 31 heavy (non-hydrogen) atoms. The molecule has 0 aliphatic heterocycles. The summed E-state index contributed by atoms with van der Waals surface area (Å²) in [6.07, 6.45) is 1.93. The van der Waals surface area contributed by atoms with Crippen LogP contribution >= 0.6 is 11.3 Å². The van der Waals surface area contributed by atoms with Crippen molar-refractivity contribution < 1.29 is 9.78 Å². The minimum Gasteiger partial charge on any atom is -0.313 e. The maximum Gasteiger partial charge on any atom is 0.273 e. The quantitative estimate of drug-likeness (QED) is 0.399. The van der Waals surface area contributed by atoms with Crippen molar-refractivity contribution >= 4 is 28.1 Å². The second kappa shape index (κ2) is 9.14. The molecule has 2 heterocycles. The monoisotopic (exact) mass is 428 g/mol. The summed E-state index contributed by atoms with van der Waals surface area (Å²) in [4.78, 5) is 17.4. The van der Waals surface area contributed by atoms with Gasteiger partial charge in [-0.25, -0.2) is 4.98 Å². The molecule has 0 spiro atoms. The third kappa shape index (κ3) is 4.67. The summed E-state index contributed by atoms with van der Waals surface area (Å²) in [6, 6.07) is 23.7. The fourth-order valence-electron chi connectivity index (χ4n) is 3.64. The van der Waals surface area contributed by atoms with Gasteiger partial charge in [0.1, 0.15) is 11.0 Å². The predicted octanol–water partition coefficient (Wildman–Crippen LogP) is 5.94. The summed E-state index contributed by atoms with van der Waals surface area (Å²) in [5, 5.41) is 7.70. The van der Waals surface area contributed by atoms with E-state index in [9.17, 15) is 4.79 Å². The first-order valence-corrected chi connectivity index (χ1v) is 11.1. The standard InChI is InChI=1S/C26H25N3OS/c1-17-14-15-27-22(16-17)28-24(20-10-6-4-7-11-20)23-18(2)19(3)31-26(23)29-25(30)21-12-8-5-9-13-21/h4-16,24H,1-3H3,(H,27,28)(H,29,30)/p+1/t24-/m0/s1. The summed E-state index contributed by atoms with van der Waals surface area (Å²) < 4.78 is 0. The van der Waals surface area contributed by atoms with Gasteiger partial charge in [0.2, 0.25) is 0 Å². The third-order valence-electron chi connectivity index (χ3n) is 5.37. The van der Waals surface area contributed by atoms with Gasteiger partial charge in [0.05, 0.1) is 6.20 Å². The summed E-state index contributed by atoms with van der Waals surface area (Å²) in [5.41, 5.74) is 5.22. The highest BCUT2D eigenvalue weighted by Crippen LogP contribution is 2.40. The molecule has 3 N–H and O–H groups in total. The molecule has 4 aromatic rings. The predicted molar refractivity (Wildman–Crippen MR) is 128 cm³/mol. The Hall–Kier alpha value is -3.44. The number of carbonyl (C=O) groups is 1. The highest BCUT2D eigenvalue weighted by molar-refractivity contribution is 7.16. The topological polar surface area (TPSA) is 55.3 Å². The van der Waals surface area contributed by atoms with Gasteiger partial charge in [0.25, 0.3) is 11.7 Å². The molecule has 0 radical (unpaired) electrons. The number of aromatic amines is 1. The largest absolute Gasteiger partial charge is 0.313 e. The SMILES string of the molecule is Cc1cc[nH+]c(N[C@@H](c2ccccc2)c2c(NC(=O)c3ccccc3)sc(C)c2C)c1. The van der Waals surface area contributed by atoms with E-state index in [1.54, 1.807) is 11.3 Å². The molecule has 0 aliphatic carbocycles. The number of hydrogen-bond donors (Lipinski definition) is 2. The fourth-order valence-corrected chi connectivity index (χ4v) is 4.73. The minimum atomic E-state index is -0.115. The molecule has 2 aromatic carbocycles. The van der Waals surface area contributed by atoms with E-state index >= 15 is 0 Å². The van der Waals surface area contributed by atoms with Gasteiger partial charge in [-0.3, -0.25) is 10.1 Å². The number of rotatable bonds is 6. The maximum atomic E-state index is 12.9. The molecule has 0 saturated carbocycles. The van der Waals surface area contributed by atoms with Crippen molar-refractivity contribution in [2.75, 3.05) is 10.6 Å². The van der Waals surface area contributed by atoms with E-state index in [-0.39, 0.29) is 11.9 Å². The molecule has 1 amide bonds. The number of aromatic nitrogens is 1. The van der Waals surface area contributed by atoms with Crippen LogP contribution < -0.4 is 15.6 Å². The zero-order valence-corrected chi connectivity index (χ0v) is 18.7. The Morgan fingerprint density at radius 1 is 0.935 bits per heavy atom. The Balaban J connectivity index is 1.76. The van der Waals surface area contributed by atoms with E-state index < -0.39 is 0 Å². The van der Waals surface area contributed by atoms with Gasteiger partial charge >= 0.3 is 0 Å². The minimum absolute atomic E-state index is 0.1000. The van der Waals surface area contributed by atoms with Crippen LogP contribution in [0, 0.1) is 20.8 Å². The molecule has 0 unspecified atom stereocenters. The first-order valence-electron chi connectivity index (χ1n) is 10.3. The van der Waals surface area contributed by atoms with Crippen LogP contribution in [0.1, 0.15) is 43.5 Å². The molecule has 0 aliphatic rings. The van der Waals surface area contributed by atoms with Crippen molar-refractivity contribution in [2.24, 2.45) is 0 Å². The molecule has 1 atom stereocenters. The summed E-state index contributed by atoms with van der Waals surface area (Å²) in [6.45, 7) is 6.29. The van der Waals surface area contributed by atoms with Crippen LogP contribution in [0.4, 0.5) is 10.8 Å². The van der Waals surface area contributed by atoms with E-state index in [0.29, 0.717) is 5.56 Å². The van der Waals surface area contributed by atoms with Crippen LogP contribution in [-0.4, -0.2) is 5.91 Å². The average molecular weight is 429 g/mol. The number of thiophene rings is 1. The number of H-pyrrole nitrogens is 1. The van der Waals surface area contributed by atoms with Crippen molar-refractivity contribution in [3.05, 3.63) is 112 Å². The highest BCUT2D eigenvalue weighted by atomic mass is 32.1. The maximum absolute atomic E-state index is 12.9. The summed E-state index contributed by atoms with van der Waals surface area (Å²) in [5.74, 6) is 0.828. The lowest BCUT2D eigenvalue weighted by Crippen LogP contribution is -2.21. The van der Waals surface area contributed by atoms with E-state index in [1.165, 1.54) is 16.0 Å². The Kier molecular flexibility index (Phi) is 6.14. The van der Waals surface area contributed by atoms with E-state index in [4.69, 9.17) is 0 Å².